The lowest BCUT2D eigenvalue weighted by Gasteiger charge is -2.29. The molecule has 1 aliphatic heterocycles. The first-order valence-electron chi connectivity index (χ1n) is 9.06. The molecule has 0 saturated carbocycles. The van der Waals surface area contributed by atoms with Gasteiger partial charge in [0.15, 0.2) is 11.5 Å². The number of benzene rings is 1. The predicted octanol–water partition coefficient (Wildman–Crippen LogP) is 0.501. The van der Waals surface area contributed by atoms with Crippen molar-refractivity contribution in [1.29, 1.82) is 0 Å². The van der Waals surface area contributed by atoms with Crippen molar-refractivity contribution in [2.45, 2.75) is 13.5 Å². The van der Waals surface area contributed by atoms with Gasteiger partial charge >= 0.3 is 0 Å². The summed E-state index contributed by atoms with van der Waals surface area (Å²) in [5.74, 6) is 0.949. The van der Waals surface area contributed by atoms with E-state index >= 15 is 0 Å². The molecule has 0 atom stereocenters. The van der Waals surface area contributed by atoms with Crippen molar-refractivity contribution >= 4 is 11.8 Å². The van der Waals surface area contributed by atoms with Crippen LogP contribution in [-0.2, 0) is 20.9 Å². The smallest absolute Gasteiger partial charge is 0.239 e. The molecule has 0 radical (unpaired) electrons. The molecule has 2 rings (SSSR count). The highest BCUT2D eigenvalue weighted by molar-refractivity contribution is 5.83. The lowest BCUT2D eigenvalue weighted by Crippen LogP contribution is -2.45. The average molecular weight is 379 g/mol. The van der Waals surface area contributed by atoms with Gasteiger partial charge in [0.25, 0.3) is 0 Å². The Labute approximate surface area is 160 Å². The van der Waals surface area contributed by atoms with Gasteiger partial charge in [-0.05, 0) is 17.7 Å². The first-order valence-corrected chi connectivity index (χ1v) is 9.06. The van der Waals surface area contributed by atoms with Gasteiger partial charge in [0.2, 0.25) is 11.8 Å². The van der Waals surface area contributed by atoms with E-state index in [0.717, 1.165) is 25.2 Å². The molecule has 1 aromatic carbocycles. The Morgan fingerprint density at radius 2 is 1.89 bits per heavy atom. The second-order valence-corrected chi connectivity index (χ2v) is 6.36. The molecule has 0 aliphatic carbocycles. The van der Waals surface area contributed by atoms with Crippen LogP contribution in [0.5, 0.6) is 11.5 Å². The van der Waals surface area contributed by atoms with Crippen LogP contribution in [0.4, 0.5) is 0 Å². The molecule has 1 heterocycles. The summed E-state index contributed by atoms with van der Waals surface area (Å²) >= 11 is 0. The van der Waals surface area contributed by atoms with Gasteiger partial charge in [-0.3, -0.25) is 14.5 Å². The number of carbonyl (C=O) groups excluding carboxylic acids is 2. The van der Waals surface area contributed by atoms with E-state index in [1.807, 2.05) is 12.1 Å². The maximum atomic E-state index is 12.3. The second kappa shape index (κ2) is 10.7. The van der Waals surface area contributed by atoms with Crippen molar-refractivity contribution in [3.63, 3.8) is 0 Å². The Hall–Kier alpha value is -2.32. The molecular formula is C19H29N3O5. The van der Waals surface area contributed by atoms with Gasteiger partial charge in [-0.15, -0.1) is 0 Å². The maximum Gasteiger partial charge on any atom is 0.239 e. The minimum Gasteiger partial charge on any atom is -0.493 e. The minimum absolute atomic E-state index is 0.0486. The predicted molar refractivity (Wildman–Crippen MR) is 101 cm³/mol. The van der Waals surface area contributed by atoms with E-state index in [2.05, 4.69) is 10.2 Å². The largest absolute Gasteiger partial charge is 0.493 e. The second-order valence-electron chi connectivity index (χ2n) is 6.36. The Bertz CT molecular complexity index is 632. The van der Waals surface area contributed by atoms with Gasteiger partial charge in [-0.25, -0.2) is 0 Å². The van der Waals surface area contributed by atoms with Gasteiger partial charge in [0, 0.05) is 39.6 Å². The zero-order valence-corrected chi connectivity index (χ0v) is 16.3. The monoisotopic (exact) mass is 379 g/mol. The third kappa shape index (κ3) is 6.73. The van der Waals surface area contributed by atoms with Crippen LogP contribution in [0, 0.1) is 0 Å². The highest BCUT2D eigenvalue weighted by Crippen LogP contribution is 2.27. The third-order valence-electron chi connectivity index (χ3n) is 4.51. The van der Waals surface area contributed by atoms with E-state index in [9.17, 15) is 9.59 Å². The highest BCUT2D eigenvalue weighted by atomic mass is 16.5. The Morgan fingerprint density at radius 3 is 2.52 bits per heavy atom. The Morgan fingerprint density at radius 1 is 1.19 bits per heavy atom. The molecule has 150 valence electrons. The summed E-state index contributed by atoms with van der Waals surface area (Å²) in [7, 11) is 3.14. The SMILES string of the molecule is COc1ccc(CNC(=O)CN(CCN2CCOCC2)C(C)=O)cc1OC. The van der Waals surface area contributed by atoms with Crippen molar-refractivity contribution in [2.75, 3.05) is 60.2 Å². The minimum atomic E-state index is -0.193. The molecule has 1 fully saturated rings. The molecular weight excluding hydrogens is 350 g/mol. The number of morpholine rings is 1. The first-order chi connectivity index (χ1) is 13.0. The third-order valence-corrected chi connectivity index (χ3v) is 4.51. The van der Waals surface area contributed by atoms with Gasteiger partial charge < -0.3 is 24.4 Å². The van der Waals surface area contributed by atoms with Crippen molar-refractivity contribution in [3.8, 4) is 11.5 Å². The van der Waals surface area contributed by atoms with Crippen LogP contribution < -0.4 is 14.8 Å². The first kappa shape index (κ1) is 21.0. The van der Waals surface area contributed by atoms with Crippen molar-refractivity contribution in [3.05, 3.63) is 23.8 Å². The number of carbonyl (C=O) groups is 2. The van der Waals surface area contributed by atoms with Gasteiger partial charge in [-0.2, -0.15) is 0 Å². The molecule has 1 N–H and O–H groups in total. The number of ether oxygens (including phenoxy) is 3. The quantitative estimate of drug-likeness (QED) is 0.673. The molecule has 0 bridgehead atoms. The van der Waals surface area contributed by atoms with E-state index in [4.69, 9.17) is 14.2 Å². The molecule has 1 aromatic rings. The molecule has 27 heavy (non-hydrogen) atoms. The summed E-state index contributed by atoms with van der Waals surface area (Å²) in [6.45, 7) is 6.31. The van der Waals surface area contributed by atoms with Crippen LogP contribution in [0.2, 0.25) is 0 Å². The lowest BCUT2D eigenvalue weighted by molar-refractivity contribution is -0.134. The fourth-order valence-electron chi connectivity index (χ4n) is 2.86. The molecule has 0 unspecified atom stereocenters. The molecule has 8 nitrogen and oxygen atoms in total. The lowest BCUT2D eigenvalue weighted by atomic mass is 10.2. The van der Waals surface area contributed by atoms with Gasteiger partial charge in [0.05, 0.1) is 34.0 Å². The fourth-order valence-corrected chi connectivity index (χ4v) is 2.86. The van der Waals surface area contributed by atoms with E-state index in [-0.39, 0.29) is 18.4 Å². The number of amides is 2. The summed E-state index contributed by atoms with van der Waals surface area (Å²) in [6.07, 6.45) is 0. The highest BCUT2D eigenvalue weighted by Gasteiger charge is 2.16. The van der Waals surface area contributed by atoms with Crippen LogP contribution in [0.15, 0.2) is 18.2 Å². The summed E-state index contributed by atoms with van der Waals surface area (Å²) in [5, 5.41) is 2.85. The standard InChI is InChI=1S/C19H29N3O5/c1-15(23)22(7-6-21-8-10-27-11-9-21)14-19(24)20-13-16-4-5-17(25-2)18(12-16)26-3/h4-5,12H,6-11,13-14H2,1-3H3,(H,20,24). The van der Waals surface area contributed by atoms with Gasteiger partial charge in [0.1, 0.15) is 0 Å². The number of hydrogen-bond donors (Lipinski definition) is 1. The zero-order chi connectivity index (χ0) is 19.6. The molecule has 1 saturated heterocycles. The van der Waals surface area contributed by atoms with Crippen molar-refractivity contribution in [2.24, 2.45) is 0 Å². The molecule has 8 heteroatoms. The number of hydrogen-bond acceptors (Lipinski definition) is 6. The number of methoxy groups -OCH3 is 2. The van der Waals surface area contributed by atoms with Crippen LogP contribution >= 0.6 is 0 Å². The summed E-state index contributed by atoms with van der Waals surface area (Å²) < 4.78 is 15.8. The van der Waals surface area contributed by atoms with Crippen LogP contribution in [0.1, 0.15) is 12.5 Å². The van der Waals surface area contributed by atoms with Gasteiger partial charge in [-0.1, -0.05) is 6.07 Å². The average Bonchev–Trinajstić information content (AvgIpc) is 2.69. The van der Waals surface area contributed by atoms with Crippen molar-refractivity contribution in [1.82, 2.24) is 15.1 Å². The summed E-state index contributed by atoms with van der Waals surface area (Å²) in [4.78, 5) is 27.9. The van der Waals surface area contributed by atoms with E-state index < -0.39 is 0 Å². The molecule has 0 spiro atoms. The molecule has 2 amide bonds. The van der Waals surface area contributed by atoms with E-state index in [1.54, 1.807) is 25.2 Å². The number of nitrogens with zero attached hydrogens (tertiary/aromatic N) is 2. The number of rotatable bonds is 9. The normalized spacial score (nSPS) is 14.5. The Kier molecular flexibility index (Phi) is 8.35. The topological polar surface area (TPSA) is 80.3 Å². The van der Waals surface area contributed by atoms with Crippen LogP contribution in [-0.4, -0.2) is 81.8 Å². The van der Waals surface area contributed by atoms with Crippen LogP contribution in [0.3, 0.4) is 0 Å². The zero-order valence-electron chi connectivity index (χ0n) is 16.3. The molecule has 0 aromatic heterocycles. The van der Waals surface area contributed by atoms with E-state index in [1.165, 1.54) is 6.92 Å². The number of nitrogens with one attached hydrogen (secondary N) is 1. The van der Waals surface area contributed by atoms with Crippen molar-refractivity contribution < 1.29 is 23.8 Å². The fraction of sp³-hybridized carbons (Fsp3) is 0.579. The maximum absolute atomic E-state index is 12.3. The van der Waals surface area contributed by atoms with E-state index in [0.29, 0.717) is 37.8 Å². The summed E-state index contributed by atoms with van der Waals surface area (Å²) in [6, 6.07) is 5.48. The van der Waals surface area contributed by atoms with Crippen LogP contribution in [0.25, 0.3) is 0 Å². The summed E-state index contributed by atoms with van der Waals surface area (Å²) in [5.41, 5.74) is 0.892. The molecule has 1 aliphatic rings. The Balaban J connectivity index is 1.82.